The molecule has 1 aromatic carbocycles. The summed E-state index contributed by atoms with van der Waals surface area (Å²) in [5.74, 6) is -9.91. The van der Waals surface area contributed by atoms with Crippen molar-refractivity contribution < 1.29 is 31.1 Å². The molecule has 0 saturated heterocycles. The smallest absolute Gasteiger partial charge is 0.398 e. The first-order valence-electron chi connectivity index (χ1n) is 10.2. The zero-order chi connectivity index (χ0) is 22.2. The summed E-state index contributed by atoms with van der Waals surface area (Å²) in [6, 6.07) is 7.33. The standard InChI is InChI=1S/C23H26F6O/c1-15-3-8-18(9-4-15)19-10-6-17(7-11-19)13-14-21(24,25)30-20-12-5-16(2)22(26,27)23(20,28)29/h5-7,10-12,15,18H,3-4,8-9,13-14H2,1-2H3. The lowest BCUT2D eigenvalue weighted by molar-refractivity contribution is -0.262. The molecule has 0 spiro atoms. The van der Waals surface area contributed by atoms with Crippen molar-refractivity contribution in [2.45, 2.75) is 76.2 Å². The van der Waals surface area contributed by atoms with Gasteiger partial charge in [-0.15, -0.1) is 0 Å². The first kappa shape index (κ1) is 22.8. The van der Waals surface area contributed by atoms with Crippen molar-refractivity contribution >= 4 is 0 Å². The molecule has 166 valence electrons. The van der Waals surface area contributed by atoms with Gasteiger partial charge < -0.3 is 4.74 Å². The van der Waals surface area contributed by atoms with Crippen LogP contribution >= 0.6 is 0 Å². The summed E-state index contributed by atoms with van der Waals surface area (Å²) in [6.45, 7) is 3.05. The van der Waals surface area contributed by atoms with E-state index in [0.29, 0.717) is 23.6 Å². The molecule has 0 unspecified atom stereocenters. The van der Waals surface area contributed by atoms with Gasteiger partial charge in [0.05, 0.1) is 6.42 Å². The van der Waals surface area contributed by atoms with Crippen LogP contribution in [0.1, 0.15) is 63.0 Å². The van der Waals surface area contributed by atoms with Crippen LogP contribution in [0.25, 0.3) is 0 Å². The maximum Gasteiger partial charge on any atom is 0.398 e. The monoisotopic (exact) mass is 432 g/mol. The minimum Gasteiger partial charge on any atom is -0.430 e. The van der Waals surface area contributed by atoms with E-state index in [1.165, 1.54) is 18.4 Å². The Hall–Kier alpha value is -1.92. The number of allylic oxidation sites excluding steroid dienone is 4. The van der Waals surface area contributed by atoms with E-state index < -0.39 is 35.7 Å². The molecule has 0 heterocycles. The highest BCUT2D eigenvalue weighted by atomic mass is 19.3. The first-order chi connectivity index (χ1) is 13.9. The van der Waals surface area contributed by atoms with Crippen LogP contribution in [0.2, 0.25) is 0 Å². The van der Waals surface area contributed by atoms with Gasteiger partial charge in [0.15, 0.2) is 5.76 Å². The highest BCUT2D eigenvalue weighted by molar-refractivity contribution is 5.34. The largest absolute Gasteiger partial charge is 0.430 e. The molecule has 1 saturated carbocycles. The fourth-order valence-corrected chi connectivity index (χ4v) is 3.96. The van der Waals surface area contributed by atoms with E-state index >= 15 is 0 Å². The maximum absolute atomic E-state index is 14.1. The maximum atomic E-state index is 14.1. The third kappa shape index (κ3) is 4.70. The second-order valence-electron chi connectivity index (χ2n) is 8.47. The molecular formula is C23H26F6O. The average Bonchev–Trinajstić information content (AvgIpc) is 2.69. The van der Waals surface area contributed by atoms with E-state index in [2.05, 4.69) is 11.7 Å². The van der Waals surface area contributed by atoms with E-state index in [-0.39, 0.29) is 6.42 Å². The molecule has 2 aliphatic carbocycles. The van der Waals surface area contributed by atoms with E-state index in [4.69, 9.17) is 0 Å². The van der Waals surface area contributed by atoms with E-state index in [0.717, 1.165) is 25.7 Å². The summed E-state index contributed by atoms with van der Waals surface area (Å²) < 4.78 is 87.5. The quantitative estimate of drug-likeness (QED) is 0.420. The molecule has 30 heavy (non-hydrogen) atoms. The van der Waals surface area contributed by atoms with Gasteiger partial charge in [0.1, 0.15) is 0 Å². The van der Waals surface area contributed by atoms with Gasteiger partial charge in [0.2, 0.25) is 0 Å². The molecule has 2 aliphatic rings. The van der Waals surface area contributed by atoms with Crippen molar-refractivity contribution in [1.29, 1.82) is 0 Å². The van der Waals surface area contributed by atoms with Gasteiger partial charge in [-0.1, -0.05) is 50.1 Å². The molecule has 1 aromatic rings. The molecule has 0 atom stereocenters. The highest BCUT2D eigenvalue weighted by Crippen LogP contribution is 2.49. The molecule has 0 aliphatic heterocycles. The van der Waals surface area contributed by atoms with Gasteiger partial charge in [-0.3, -0.25) is 0 Å². The Kier molecular flexibility index (Phi) is 6.30. The van der Waals surface area contributed by atoms with Gasteiger partial charge in [-0.05, 0) is 55.2 Å². The molecule has 0 bridgehead atoms. The molecule has 0 radical (unpaired) electrons. The molecule has 3 rings (SSSR count). The Morgan fingerprint density at radius 1 is 0.933 bits per heavy atom. The summed E-state index contributed by atoms with van der Waals surface area (Å²) >= 11 is 0. The van der Waals surface area contributed by atoms with Crippen molar-refractivity contribution in [2.24, 2.45) is 5.92 Å². The van der Waals surface area contributed by atoms with Crippen LogP contribution in [0.4, 0.5) is 26.3 Å². The van der Waals surface area contributed by atoms with Crippen molar-refractivity contribution in [2.75, 3.05) is 0 Å². The normalized spacial score (nSPS) is 26.0. The van der Waals surface area contributed by atoms with Crippen molar-refractivity contribution in [3.05, 3.63) is 58.9 Å². The van der Waals surface area contributed by atoms with Gasteiger partial charge in [0, 0.05) is 5.57 Å². The minimum absolute atomic E-state index is 0.126. The Morgan fingerprint density at radius 3 is 2.13 bits per heavy atom. The lowest BCUT2D eigenvalue weighted by Gasteiger charge is -2.33. The topological polar surface area (TPSA) is 9.23 Å². The number of rotatable bonds is 6. The van der Waals surface area contributed by atoms with E-state index in [1.54, 1.807) is 12.1 Å². The Labute approximate surface area is 172 Å². The van der Waals surface area contributed by atoms with Crippen LogP contribution in [-0.4, -0.2) is 18.0 Å². The number of halogens is 6. The lowest BCUT2D eigenvalue weighted by Crippen LogP contribution is -2.46. The number of benzene rings is 1. The van der Waals surface area contributed by atoms with Crippen molar-refractivity contribution in [3.8, 4) is 0 Å². The second-order valence-corrected chi connectivity index (χ2v) is 8.47. The van der Waals surface area contributed by atoms with Gasteiger partial charge in [-0.2, -0.15) is 26.3 Å². The van der Waals surface area contributed by atoms with Crippen molar-refractivity contribution in [3.63, 3.8) is 0 Å². The summed E-state index contributed by atoms with van der Waals surface area (Å²) in [7, 11) is 0. The van der Waals surface area contributed by atoms with Crippen LogP contribution in [0.15, 0.2) is 47.7 Å². The lowest BCUT2D eigenvalue weighted by atomic mass is 9.79. The van der Waals surface area contributed by atoms with Gasteiger partial charge in [-0.25, -0.2) is 0 Å². The van der Waals surface area contributed by atoms with Crippen LogP contribution in [0.3, 0.4) is 0 Å². The third-order valence-electron chi connectivity index (χ3n) is 6.11. The molecular weight excluding hydrogens is 406 g/mol. The minimum atomic E-state index is -4.82. The van der Waals surface area contributed by atoms with Gasteiger partial charge in [0.25, 0.3) is 0 Å². The SMILES string of the molecule is CC1=CC=C(OC(F)(F)CCc2ccc(C3CCC(C)CC3)cc2)C(F)(F)C1(F)F. The van der Waals surface area contributed by atoms with E-state index in [9.17, 15) is 26.3 Å². The number of ether oxygens (including phenoxy) is 1. The third-order valence-corrected chi connectivity index (χ3v) is 6.11. The van der Waals surface area contributed by atoms with E-state index in [1.807, 2.05) is 12.1 Å². The highest BCUT2D eigenvalue weighted by Gasteiger charge is 2.63. The van der Waals surface area contributed by atoms with Crippen LogP contribution in [-0.2, 0) is 11.2 Å². The zero-order valence-electron chi connectivity index (χ0n) is 17.0. The molecule has 0 aromatic heterocycles. The van der Waals surface area contributed by atoms with Crippen LogP contribution in [0.5, 0.6) is 0 Å². The molecule has 0 N–H and O–H groups in total. The van der Waals surface area contributed by atoms with Crippen LogP contribution in [0, 0.1) is 5.92 Å². The zero-order valence-corrected chi connectivity index (χ0v) is 17.0. The number of alkyl halides is 6. The first-order valence-corrected chi connectivity index (χ1v) is 10.2. The second kappa shape index (κ2) is 8.31. The Morgan fingerprint density at radius 2 is 1.53 bits per heavy atom. The average molecular weight is 432 g/mol. The molecule has 1 fully saturated rings. The molecule has 1 nitrogen and oxygen atoms in total. The Balaban J connectivity index is 1.60. The number of aryl methyl sites for hydroxylation is 1. The fraction of sp³-hybridized carbons (Fsp3) is 0.565. The fourth-order valence-electron chi connectivity index (χ4n) is 3.96. The summed E-state index contributed by atoms with van der Waals surface area (Å²) in [6.07, 6.45) is 0.696. The molecule has 0 amide bonds. The number of hydrogen-bond acceptors (Lipinski definition) is 1. The summed E-state index contributed by atoms with van der Waals surface area (Å²) in [5.41, 5.74) is 0.873. The summed E-state index contributed by atoms with van der Waals surface area (Å²) in [4.78, 5) is 0. The number of hydrogen-bond donors (Lipinski definition) is 0. The predicted octanol–water partition coefficient (Wildman–Crippen LogP) is 7.64. The van der Waals surface area contributed by atoms with Crippen LogP contribution < -0.4 is 0 Å². The van der Waals surface area contributed by atoms with Gasteiger partial charge >= 0.3 is 18.0 Å². The molecule has 7 heteroatoms. The summed E-state index contributed by atoms with van der Waals surface area (Å²) in [5, 5.41) is 0. The predicted molar refractivity (Wildman–Crippen MR) is 103 cm³/mol. The van der Waals surface area contributed by atoms with Crippen molar-refractivity contribution in [1.82, 2.24) is 0 Å². The Bertz CT molecular complexity index is 801.